The minimum Gasteiger partial charge on any atom is -0.295 e. The Bertz CT molecular complexity index is 1340. The molecule has 1 saturated heterocycles. The molecule has 2 saturated carbocycles. The fourth-order valence-electron chi connectivity index (χ4n) is 6.61. The molecule has 2 N–H and O–H groups in total. The second kappa shape index (κ2) is 10.2. The maximum Gasteiger partial charge on any atom is 0.418 e. The summed E-state index contributed by atoms with van der Waals surface area (Å²) in [4.78, 5) is 15.8. The maximum atomic E-state index is 14.1. The highest BCUT2D eigenvalue weighted by molar-refractivity contribution is 7.88. The van der Waals surface area contributed by atoms with Crippen LogP contribution in [0, 0.1) is 17.8 Å². The Hall–Kier alpha value is -1.93. The van der Waals surface area contributed by atoms with Crippen LogP contribution in [-0.4, -0.2) is 59.8 Å². The molecule has 3 heterocycles. The third kappa shape index (κ3) is 5.27. The van der Waals surface area contributed by atoms with Gasteiger partial charge in [0.15, 0.2) is 0 Å². The van der Waals surface area contributed by atoms with Crippen LogP contribution in [0.2, 0.25) is 0 Å². The zero-order chi connectivity index (χ0) is 27.4. The molecule has 3 fully saturated rings. The van der Waals surface area contributed by atoms with Crippen molar-refractivity contribution in [3.8, 4) is 0 Å². The summed E-state index contributed by atoms with van der Waals surface area (Å²) in [5, 5.41) is 0. The fraction of sp³-hybridized carbons (Fsp3) is 0.720. The number of aromatic nitrogens is 2. The molecule has 0 spiro atoms. The maximum absolute atomic E-state index is 14.1. The van der Waals surface area contributed by atoms with Crippen LogP contribution >= 0.6 is 0 Å². The third-order valence-corrected chi connectivity index (χ3v) is 10.1. The molecule has 2 aliphatic carbocycles. The quantitative estimate of drug-likeness (QED) is 0.543. The molecule has 2 aromatic rings. The summed E-state index contributed by atoms with van der Waals surface area (Å²) in [6, 6.07) is 0.762. The highest BCUT2D eigenvalue weighted by Gasteiger charge is 2.44. The van der Waals surface area contributed by atoms with E-state index in [0.29, 0.717) is 17.8 Å². The number of nitrogens with zero attached hydrogens (tertiary/aromatic N) is 4. The molecule has 0 bridgehead atoms. The van der Waals surface area contributed by atoms with E-state index < -0.39 is 27.5 Å². The topological polar surface area (TPSA) is 91.1 Å². The number of sulfonamides is 1. The summed E-state index contributed by atoms with van der Waals surface area (Å²) >= 11 is 0. The molecule has 0 amide bonds. The number of hydrazine groups is 1. The van der Waals surface area contributed by atoms with E-state index in [1.807, 2.05) is 0 Å². The molecule has 0 radical (unpaired) electrons. The molecule has 2 aromatic heterocycles. The summed E-state index contributed by atoms with van der Waals surface area (Å²) in [6.07, 6.45) is 6.22. The van der Waals surface area contributed by atoms with Crippen molar-refractivity contribution in [3.05, 3.63) is 40.1 Å². The first-order chi connectivity index (χ1) is 17.8. The van der Waals surface area contributed by atoms with Gasteiger partial charge < -0.3 is 0 Å². The van der Waals surface area contributed by atoms with Gasteiger partial charge in [0.25, 0.3) is 0 Å². The Morgan fingerprint density at radius 2 is 1.82 bits per heavy atom. The summed E-state index contributed by atoms with van der Waals surface area (Å²) in [7, 11) is -0.220. The van der Waals surface area contributed by atoms with Crippen molar-refractivity contribution in [3.63, 3.8) is 0 Å². The molecule has 4 atom stereocenters. The number of fused-ring (bicyclic) bond motifs is 1. The van der Waals surface area contributed by atoms with Crippen molar-refractivity contribution in [2.24, 2.45) is 17.8 Å². The van der Waals surface area contributed by atoms with Gasteiger partial charge in [-0.3, -0.25) is 13.9 Å². The van der Waals surface area contributed by atoms with Crippen molar-refractivity contribution < 1.29 is 21.6 Å². The molecule has 38 heavy (non-hydrogen) atoms. The van der Waals surface area contributed by atoms with Gasteiger partial charge in [0, 0.05) is 32.0 Å². The molecule has 3 unspecified atom stereocenters. The first kappa shape index (κ1) is 27.6. The van der Waals surface area contributed by atoms with Gasteiger partial charge in [-0.1, -0.05) is 25.7 Å². The van der Waals surface area contributed by atoms with Gasteiger partial charge in [0.05, 0.1) is 30.2 Å². The average molecular weight is 559 g/mol. The smallest absolute Gasteiger partial charge is 0.295 e. The van der Waals surface area contributed by atoms with Crippen molar-refractivity contribution in [1.29, 1.82) is 0 Å². The summed E-state index contributed by atoms with van der Waals surface area (Å²) in [5.41, 5.74) is 5.11. The van der Waals surface area contributed by atoms with Gasteiger partial charge in [-0.25, -0.2) is 28.4 Å². The van der Waals surface area contributed by atoms with E-state index in [2.05, 4.69) is 22.8 Å². The van der Waals surface area contributed by atoms with Crippen molar-refractivity contribution in [2.75, 3.05) is 27.0 Å². The molecule has 5 rings (SSSR count). The molecule has 212 valence electrons. The lowest BCUT2D eigenvalue weighted by Crippen LogP contribution is -2.50. The Morgan fingerprint density at radius 3 is 2.39 bits per heavy atom. The van der Waals surface area contributed by atoms with Crippen molar-refractivity contribution in [2.45, 2.75) is 69.9 Å². The van der Waals surface area contributed by atoms with E-state index in [-0.39, 0.29) is 29.8 Å². The zero-order valence-electron chi connectivity index (χ0n) is 22.0. The lowest BCUT2D eigenvalue weighted by Gasteiger charge is -2.46. The van der Waals surface area contributed by atoms with Crippen LogP contribution in [0.4, 0.5) is 13.2 Å². The monoisotopic (exact) mass is 558 g/mol. The van der Waals surface area contributed by atoms with Crippen LogP contribution in [0.15, 0.2) is 23.3 Å². The molecule has 1 aliphatic heterocycles. The standard InChI is InChI=1S/C25H37F3N6O3S/c1-31-15-29-30-23(31)22(17-6-4-7-17)18-8-5-9-19(11-18)33-14-21-20(25(26,27)28)10-16(13-34(21)24(33)35)12-32(2)38(3,36)37/h10,13-14,17-19,22-23,29-30H,4-9,11-12,15H2,1-3H3/t18?,19?,22-,23?/m1/s1. The van der Waals surface area contributed by atoms with Gasteiger partial charge in [-0.2, -0.15) is 13.2 Å². The van der Waals surface area contributed by atoms with Crippen LogP contribution < -0.4 is 16.5 Å². The fourth-order valence-corrected chi connectivity index (χ4v) is 7.00. The third-order valence-electron chi connectivity index (χ3n) is 8.86. The first-order valence-corrected chi connectivity index (χ1v) is 15.1. The Balaban J connectivity index is 1.49. The molecule has 13 heteroatoms. The first-order valence-electron chi connectivity index (χ1n) is 13.3. The number of rotatable bonds is 7. The van der Waals surface area contributed by atoms with Gasteiger partial charge in [-0.15, -0.1) is 0 Å². The number of imidazole rings is 1. The van der Waals surface area contributed by atoms with Crippen LogP contribution in [0.25, 0.3) is 5.52 Å². The van der Waals surface area contributed by atoms with Gasteiger partial charge in [0.2, 0.25) is 10.0 Å². The SMILES string of the molecule is CN1CNNC1[C@H](C1CCC1)C1CCCC(n2cc3c(C(F)(F)F)cc(CN(C)S(C)(=O)=O)cn3c2=O)C1. The van der Waals surface area contributed by atoms with E-state index in [4.69, 9.17) is 0 Å². The van der Waals surface area contributed by atoms with Crippen LogP contribution in [0.3, 0.4) is 0 Å². The minimum absolute atomic E-state index is 0.104. The molecule has 0 aromatic carbocycles. The van der Waals surface area contributed by atoms with Gasteiger partial charge in [-0.05, 0) is 55.7 Å². The van der Waals surface area contributed by atoms with Crippen LogP contribution in [-0.2, 0) is 22.7 Å². The van der Waals surface area contributed by atoms with E-state index in [1.54, 1.807) is 0 Å². The van der Waals surface area contributed by atoms with Crippen LogP contribution in [0.5, 0.6) is 0 Å². The zero-order valence-corrected chi connectivity index (χ0v) is 22.9. The van der Waals surface area contributed by atoms with Crippen molar-refractivity contribution in [1.82, 2.24) is 29.0 Å². The predicted octanol–water partition coefficient (Wildman–Crippen LogP) is 2.98. The second-order valence-electron chi connectivity index (χ2n) is 11.4. The Morgan fingerprint density at radius 1 is 1.13 bits per heavy atom. The van der Waals surface area contributed by atoms with Crippen molar-refractivity contribution >= 4 is 15.5 Å². The summed E-state index contributed by atoms with van der Waals surface area (Å²) in [6.45, 7) is 0.492. The Labute approximate surface area is 221 Å². The Kier molecular flexibility index (Phi) is 7.44. The predicted molar refractivity (Wildman–Crippen MR) is 137 cm³/mol. The molecular formula is C25H37F3N6O3S. The normalized spacial score (nSPS) is 26.8. The number of alkyl halides is 3. The molecular weight excluding hydrogens is 521 g/mol. The van der Waals surface area contributed by atoms with E-state index in [1.165, 1.54) is 43.3 Å². The largest absolute Gasteiger partial charge is 0.418 e. The van der Waals surface area contributed by atoms with Gasteiger partial charge >= 0.3 is 11.9 Å². The van der Waals surface area contributed by atoms with E-state index in [9.17, 15) is 26.4 Å². The van der Waals surface area contributed by atoms with E-state index in [0.717, 1.165) is 53.4 Å². The molecule has 3 aliphatic rings. The lowest BCUT2D eigenvalue weighted by molar-refractivity contribution is -0.136. The minimum atomic E-state index is -4.69. The number of nitrogens with one attached hydrogen (secondary N) is 2. The second-order valence-corrected chi connectivity index (χ2v) is 13.5. The average Bonchev–Trinajstić information content (AvgIpc) is 3.37. The van der Waals surface area contributed by atoms with Crippen LogP contribution in [0.1, 0.15) is 62.1 Å². The number of hydrogen-bond donors (Lipinski definition) is 2. The van der Waals surface area contributed by atoms with Gasteiger partial charge in [0.1, 0.15) is 0 Å². The highest BCUT2D eigenvalue weighted by atomic mass is 32.2. The molecule has 9 nitrogen and oxygen atoms in total. The number of pyridine rings is 1. The summed E-state index contributed by atoms with van der Waals surface area (Å²) in [5.74, 6) is 1.37. The number of halogens is 3. The summed E-state index contributed by atoms with van der Waals surface area (Å²) < 4.78 is 69.5. The highest BCUT2D eigenvalue weighted by Crippen LogP contribution is 2.46. The number of hydrogen-bond acceptors (Lipinski definition) is 6. The lowest BCUT2D eigenvalue weighted by atomic mass is 9.65. The van der Waals surface area contributed by atoms with E-state index >= 15 is 0 Å².